The van der Waals surface area contributed by atoms with Crippen LogP contribution in [-0.2, 0) is 6.54 Å². The van der Waals surface area contributed by atoms with Crippen LogP contribution in [0.2, 0.25) is 0 Å². The first-order chi connectivity index (χ1) is 13.7. The lowest BCUT2D eigenvalue weighted by molar-refractivity contribution is 0.198. The number of piperidine rings is 1. The minimum Gasteiger partial charge on any atom is -0.497 e. The highest BCUT2D eigenvalue weighted by atomic mass is 19.1. The predicted octanol–water partition coefficient (Wildman–Crippen LogP) is 4.67. The highest BCUT2D eigenvalue weighted by Gasteiger charge is 2.25. The SMILES string of the molecule is COc1cccc(-c2nccnc2[C@H]2CCCN(Cc3ccc(F)cc3)C2)c1. The van der Waals surface area contributed by atoms with Crippen molar-refractivity contribution in [3.63, 3.8) is 0 Å². The highest BCUT2D eigenvalue weighted by molar-refractivity contribution is 5.64. The van der Waals surface area contributed by atoms with Crippen LogP contribution in [0.15, 0.2) is 60.9 Å². The van der Waals surface area contributed by atoms with Crippen LogP contribution in [0.1, 0.15) is 30.0 Å². The Labute approximate surface area is 165 Å². The Morgan fingerprint density at radius 3 is 2.75 bits per heavy atom. The van der Waals surface area contributed by atoms with Gasteiger partial charge in [0.1, 0.15) is 11.6 Å². The standard InChI is InChI=1S/C23H24FN3O/c1-28-21-6-2-4-18(14-21)22-23(26-12-11-25-22)19-5-3-13-27(16-19)15-17-7-9-20(24)10-8-17/h2,4,6-12,14,19H,3,5,13,15-16H2,1H3/t19-/m0/s1. The molecule has 0 N–H and O–H groups in total. The fourth-order valence-electron chi connectivity index (χ4n) is 3.91. The van der Waals surface area contributed by atoms with Gasteiger partial charge >= 0.3 is 0 Å². The van der Waals surface area contributed by atoms with Crippen molar-refractivity contribution in [1.29, 1.82) is 0 Å². The van der Waals surface area contributed by atoms with E-state index in [-0.39, 0.29) is 5.82 Å². The molecule has 0 unspecified atom stereocenters. The molecule has 0 aliphatic carbocycles. The zero-order valence-electron chi connectivity index (χ0n) is 16.0. The molecule has 5 heteroatoms. The number of likely N-dealkylation sites (tertiary alicyclic amines) is 1. The number of methoxy groups -OCH3 is 1. The molecule has 1 aromatic heterocycles. The Kier molecular flexibility index (Phi) is 5.63. The van der Waals surface area contributed by atoms with Gasteiger partial charge in [-0.1, -0.05) is 24.3 Å². The van der Waals surface area contributed by atoms with Gasteiger partial charge in [0.25, 0.3) is 0 Å². The molecule has 0 radical (unpaired) electrons. The second-order valence-electron chi connectivity index (χ2n) is 7.22. The summed E-state index contributed by atoms with van der Waals surface area (Å²) in [4.78, 5) is 11.8. The van der Waals surface area contributed by atoms with E-state index in [2.05, 4.69) is 16.0 Å². The smallest absolute Gasteiger partial charge is 0.123 e. The molecule has 0 saturated carbocycles. The van der Waals surface area contributed by atoms with Crippen LogP contribution in [0, 0.1) is 5.82 Å². The van der Waals surface area contributed by atoms with Gasteiger partial charge in [-0.25, -0.2) is 4.39 Å². The summed E-state index contributed by atoms with van der Waals surface area (Å²) in [6.45, 7) is 2.79. The third-order valence-corrected chi connectivity index (χ3v) is 5.28. The maximum absolute atomic E-state index is 13.2. The minimum atomic E-state index is -0.192. The van der Waals surface area contributed by atoms with Crippen molar-refractivity contribution < 1.29 is 9.13 Å². The Morgan fingerprint density at radius 2 is 1.93 bits per heavy atom. The average molecular weight is 377 g/mol. The molecule has 144 valence electrons. The lowest BCUT2D eigenvalue weighted by Crippen LogP contribution is -2.34. The second kappa shape index (κ2) is 8.48. The summed E-state index contributed by atoms with van der Waals surface area (Å²) >= 11 is 0. The summed E-state index contributed by atoms with van der Waals surface area (Å²) in [5.74, 6) is 0.947. The van der Waals surface area contributed by atoms with E-state index in [1.54, 1.807) is 19.5 Å². The Balaban J connectivity index is 1.56. The molecule has 1 atom stereocenters. The zero-order valence-corrected chi connectivity index (χ0v) is 16.0. The van der Waals surface area contributed by atoms with E-state index in [1.807, 2.05) is 30.3 Å². The zero-order chi connectivity index (χ0) is 19.3. The van der Waals surface area contributed by atoms with Crippen LogP contribution in [0.4, 0.5) is 4.39 Å². The lowest BCUT2D eigenvalue weighted by Gasteiger charge is -2.33. The van der Waals surface area contributed by atoms with Gasteiger partial charge in [-0.2, -0.15) is 0 Å². The van der Waals surface area contributed by atoms with Crippen molar-refractivity contribution in [3.05, 3.63) is 78.0 Å². The Hall–Kier alpha value is -2.79. The van der Waals surface area contributed by atoms with Gasteiger partial charge in [0, 0.05) is 37.0 Å². The largest absolute Gasteiger partial charge is 0.497 e. The summed E-state index contributed by atoms with van der Waals surface area (Å²) in [6, 6.07) is 14.8. The molecular formula is C23H24FN3O. The van der Waals surface area contributed by atoms with Crippen LogP contribution >= 0.6 is 0 Å². The maximum atomic E-state index is 13.2. The fourth-order valence-corrected chi connectivity index (χ4v) is 3.91. The van der Waals surface area contributed by atoms with E-state index in [4.69, 9.17) is 9.72 Å². The quantitative estimate of drug-likeness (QED) is 0.648. The number of benzene rings is 2. The minimum absolute atomic E-state index is 0.192. The van der Waals surface area contributed by atoms with Gasteiger partial charge in [0.15, 0.2) is 0 Å². The third-order valence-electron chi connectivity index (χ3n) is 5.28. The van der Waals surface area contributed by atoms with E-state index in [9.17, 15) is 4.39 Å². The van der Waals surface area contributed by atoms with E-state index < -0.39 is 0 Å². The molecule has 1 saturated heterocycles. The topological polar surface area (TPSA) is 38.3 Å². The normalized spacial score (nSPS) is 17.4. The molecule has 0 bridgehead atoms. The van der Waals surface area contributed by atoms with E-state index >= 15 is 0 Å². The number of hydrogen-bond donors (Lipinski definition) is 0. The average Bonchev–Trinajstić information content (AvgIpc) is 2.76. The molecule has 28 heavy (non-hydrogen) atoms. The predicted molar refractivity (Wildman–Crippen MR) is 108 cm³/mol. The molecule has 2 aromatic carbocycles. The van der Waals surface area contributed by atoms with Crippen LogP contribution in [-0.4, -0.2) is 35.1 Å². The molecule has 4 rings (SSSR count). The molecule has 0 spiro atoms. The first kappa shape index (κ1) is 18.6. The first-order valence-corrected chi connectivity index (χ1v) is 9.65. The van der Waals surface area contributed by atoms with Gasteiger partial charge in [0.05, 0.1) is 18.5 Å². The number of hydrogen-bond acceptors (Lipinski definition) is 4. The van der Waals surface area contributed by atoms with Gasteiger partial charge in [-0.3, -0.25) is 14.9 Å². The summed E-state index contributed by atoms with van der Waals surface area (Å²) in [6.07, 6.45) is 5.73. The maximum Gasteiger partial charge on any atom is 0.123 e. The number of rotatable bonds is 5. The van der Waals surface area contributed by atoms with Crippen LogP contribution in [0.5, 0.6) is 5.75 Å². The summed E-state index contributed by atoms with van der Waals surface area (Å²) in [7, 11) is 1.67. The molecule has 0 amide bonds. The Bertz CT molecular complexity index is 929. The van der Waals surface area contributed by atoms with Crippen LogP contribution < -0.4 is 4.74 Å². The molecule has 1 aliphatic rings. The Morgan fingerprint density at radius 1 is 1.11 bits per heavy atom. The number of ether oxygens (including phenoxy) is 1. The van der Waals surface area contributed by atoms with Crippen LogP contribution in [0.3, 0.4) is 0 Å². The lowest BCUT2D eigenvalue weighted by atomic mass is 9.91. The first-order valence-electron chi connectivity index (χ1n) is 9.65. The van der Waals surface area contributed by atoms with Gasteiger partial charge in [0.2, 0.25) is 0 Å². The third kappa shape index (κ3) is 4.20. The van der Waals surface area contributed by atoms with Gasteiger partial charge in [-0.15, -0.1) is 0 Å². The monoisotopic (exact) mass is 377 g/mol. The molecule has 3 aromatic rings. The number of aromatic nitrogens is 2. The van der Waals surface area contributed by atoms with Crippen molar-refractivity contribution in [2.24, 2.45) is 0 Å². The molecule has 1 aliphatic heterocycles. The van der Waals surface area contributed by atoms with Crippen molar-refractivity contribution in [2.75, 3.05) is 20.2 Å². The van der Waals surface area contributed by atoms with Crippen molar-refractivity contribution in [1.82, 2.24) is 14.9 Å². The second-order valence-corrected chi connectivity index (χ2v) is 7.22. The van der Waals surface area contributed by atoms with E-state index in [0.717, 1.165) is 60.7 Å². The molecule has 2 heterocycles. The molecular weight excluding hydrogens is 353 g/mol. The summed E-state index contributed by atoms with van der Waals surface area (Å²) in [5, 5.41) is 0. The highest BCUT2D eigenvalue weighted by Crippen LogP contribution is 2.33. The van der Waals surface area contributed by atoms with Crippen molar-refractivity contribution in [3.8, 4) is 17.0 Å². The van der Waals surface area contributed by atoms with Gasteiger partial charge in [-0.05, 0) is 49.2 Å². The number of halogens is 1. The van der Waals surface area contributed by atoms with E-state index in [0.29, 0.717) is 5.92 Å². The fraction of sp³-hybridized carbons (Fsp3) is 0.304. The molecule has 1 fully saturated rings. The molecule has 4 nitrogen and oxygen atoms in total. The van der Waals surface area contributed by atoms with E-state index in [1.165, 1.54) is 12.1 Å². The van der Waals surface area contributed by atoms with Gasteiger partial charge < -0.3 is 4.74 Å². The van der Waals surface area contributed by atoms with Crippen molar-refractivity contribution in [2.45, 2.75) is 25.3 Å². The number of nitrogens with zero attached hydrogens (tertiary/aromatic N) is 3. The summed E-state index contributed by atoms with van der Waals surface area (Å²) < 4.78 is 18.5. The van der Waals surface area contributed by atoms with Crippen molar-refractivity contribution >= 4 is 0 Å². The summed E-state index contributed by atoms with van der Waals surface area (Å²) in [5.41, 5.74) is 4.13. The van der Waals surface area contributed by atoms with Crippen LogP contribution in [0.25, 0.3) is 11.3 Å².